The van der Waals surface area contributed by atoms with Gasteiger partial charge in [0.2, 0.25) is 10.0 Å². The molecule has 0 bridgehead atoms. The van der Waals surface area contributed by atoms with E-state index in [4.69, 9.17) is 39.5 Å². The van der Waals surface area contributed by atoms with Crippen molar-refractivity contribution in [3.63, 3.8) is 0 Å². The fourth-order valence-electron chi connectivity index (χ4n) is 4.77. The molecular weight excluding hydrogens is 590 g/mol. The third kappa shape index (κ3) is 6.44. The second-order valence-electron chi connectivity index (χ2n) is 9.30. The molecule has 0 N–H and O–H groups in total. The van der Waals surface area contributed by atoms with E-state index in [2.05, 4.69) is 0 Å². The number of likely N-dealkylation sites (tertiary alicyclic amines) is 1. The van der Waals surface area contributed by atoms with E-state index in [1.165, 1.54) is 16.4 Å². The summed E-state index contributed by atoms with van der Waals surface area (Å²) in [5.41, 5.74) is -0.186. The van der Waals surface area contributed by atoms with Crippen molar-refractivity contribution in [2.24, 2.45) is 5.92 Å². The Balaban J connectivity index is 1.52. The standard InChI is InChI=1S/C24H25Cl3F3N3O4S/c1-38(35,36)33-9-7-31(8-10-33)23(34)32-12-16(17(13-32)15-5-6-19(25)20(26)11-15)14-37-21-4-2-3-18(22(21)27)24(28,29)30/h2-6,11,16-17H,7-10,12-14H2,1H3/t16-,17+/m0/s1. The molecule has 208 valence electrons. The van der Waals surface area contributed by atoms with Gasteiger partial charge in [0, 0.05) is 51.1 Å². The predicted octanol–water partition coefficient (Wildman–Crippen LogP) is 5.46. The molecule has 4 rings (SSSR count). The lowest BCUT2D eigenvalue weighted by atomic mass is 9.89. The number of benzene rings is 2. The van der Waals surface area contributed by atoms with Crippen LogP contribution in [0, 0.1) is 5.92 Å². The second-order valence-corrected chi connectivity index (χ2v) is 12.5. The lowest BCUT2D eigenvalue weighted by Gasteiger charge is -2.35. The number of halogens is 6. The quantitative estimate of drug-likeness (QED) is 0.449. The highest BCUT2D eigenvalue weighted by atomic mass is 35.5. The van der Waals surface area contributed by atoms with Gasteiger partial charge in [-0.2, -0.15) is 17.5 Å². The fraction of sp³-hybridized carbons (Fsp3) is 0.458. The van der Waals surface area contributed by atoms with Crippen molar-refractivity contribution in [3.8, 4) is 5.75 Å². The Labute approximate surface area is 234 Å². The van der Waals surface area contributed by atoms with Gasteiger partial charge in [-0.1, -0.05) is 46.9 Å². The van der Waals surface area contributed by atoms with Crippen molar-refractivity contribution >= 4 is 50.9 Å². The molecule has 14 heteroatoms. The van der Waals surface area contributed by atoms with E-state index < -0.39 is 26.8 Å². The zero-order valence-electron chi connectivity index (χ0n) is 20.2. The predicted molar refractivity (Wildman–Crippen MR) is 140 cm³/mol. The maximum Gasteiger partial charge on any atom is 0.417 e. The summed E-state index contributed by atoms with van der Waals surface area (Å²) in [5, 5.41) is 0.181. The van der Waals surface area contributed by atoms with Gasteiger partial charge in [-0.25, -0.2) is 13.2 Å². The van der Waals surface area contributed by atoms with Gasteiger partial charge in [-0.05, 0) is 29.8 Å². The van der Waals surface area contributed by atoms with Crippen LogP contribution in [0.2, 0.25) is 15.1 Å². The van der Waals surface area contributed by atoms with E-state index in [1.807, 2.05) is 0 Å². The first-order valence-corrected chi connectivity index (χ1v) is 14.7. The number of rotatable bonds is 5. The Morgan fingerprint density at radius 2 is 1.68 bits per heavy atom. The van der Waals surface area contributed by atoms with E-state index >= 15 is 0 Å². The minimum Gasteiger partial charge on any atom is -0.492 e. The van der Waals surface area contributed by atoms with E-state index in [0.29, 0.717) is 16.6 Å². The Morgan fingerprint density at radius 3 is 2.29 bits per heavy atom. The SMILES string of the molecule is CS(=O)(=O)N1CCN(C(=O)N2C[C@@H](COc3cccc(C(F)(F)F)c3Cl)[C@@H](c3ccc(Cl)c(Cl)c3)C2)CC1. The van der Waals surface area contributed by atoms with Crippen molar-refractivity contribution < 1.29 is 31.1 Å². The number of hydrogen-bond acceptors (Lipinski definition) is 4. The Bertz CT molecular complexity index is 1300. The fourth-order valence-corrected chi connectivity index (χ4v) is 6.19. The van der Waals surface area contributed by atoms with Crippen LogP contribution in [0.5, 0.6) is 5.75 Å². The van der Waals surface area contributed by atoms with Crippen LogP contribution in [0.4, 0.5) is 18.0 Å². The molecule has 0 unspecified atom stereocenters. The van der Waals surface area contributed by atoms with Crippen molar-refractivity contribution in [3.05, 3.63) is 62.6 Å². The third-order valence-electron chi connectivity index (χ3n) is 6.78. The third-order valence-corrected chi connectivity index (χ3v) is 9.22. The molecule has 7 nitrogen and oxygen atoms in total. The van der Waals surface area contributed by atoms with Crippen molar-refractivity contribution in [1.29, 1.82) is 0 Å². The molecule has 2 fully saturated rings. The van der Waals surface area contributed by atoms with Crippen LogP contribution in [0.15, 0.2) is 36.4 Å². The summed E-state index contributed by atoms with van der Waals surface area (Å²) in [6, 6.07) is 8.37. The van der Waals surface area contributed by atoms with E-state index in [-0.39, 0.29) is 62.9 Å². The summed E-state index contributed by atoms with van der Waals surface area (Å²) < 4.78 is 70.6. The molecule has 38 heavy (non-hydrogen) atoms. The minimum atomic E-state index is -4.63. The van der Waals surface area contributed by atoms with E-state index in [0.717, 1.165) is 17.9 Å². The van der Waals surface area contributed by atoms with Crippen LogP contribution in [-0.2, 0) is 16.2 Å². The number of alkyl halides is 3. The lowest BCUT2D eigenvalue weighted by molar-refractivity contribution is -0.137. The molecule has 2 atom stereocenters. The van der Waals surface area contributed by atoms with Crippen LogP contribution in [0.3, 0.4) is 0 Å². The van der Waals surface area contributed by atoms with E-state index in [9.17, 15) is 26.4 Å². The molecule has 2 saturated heterocycles. The first kappa shape index (κ1) is 29.1. The molecule has 2 heterocycles. The monoisotopic (exact) mass is 613 g/mol. The van der Waals surface area contributed by atoms with Gasteiger partial charge in [-0.15, -0.1) is 0 Å². The van der Waals surface area contributed by atoms with Gasteiger partial charge in [0.15, 0.2) is 0 Å². The smallest absolute Gasteiger partial charge is 0.417 e. The highest BCUT2D eigenvalue weighted by Crippen LogP contribution is 2.41. The summed E-state index contributed by atoms with van der Waals surface area (Å²) in [7, 11) is -3.34. The van der Waals surface area contributed by atoms with Crippen LogP contribution in [-0.4, -0.2) is 80.7 Å². The number of amides is 2. The molecule has 0 spiro atoms. The largest absolute Gasteiger partial charge is 0.492 e. The van der Waals surface area contributed by atoms with Gasteiger partial charge in [0.25, 0.3) is 0 Å². The number of urea groups is 1. The molecule has 0 aromatic heterocycles. The zero-order valence-corrected chi connectivity index (χ0v) is 23.3. The van der Waals surface area contributed by atoms with Crippen molar-refractivity contribution in [1.82, 2.24) is 14.1 Å². The van der Waals surface area contributed by atoms with Gasteiger partial charge in [0.05, 0.1) is 33.5 Å². The maximum atomic E-state index is 13.3. The second kappa shape index (κ2) is 11.3. The zero-order chi connectivity index (χ0) is 27.8. The first-order valence-electron chi connectivity index (χ1n) is 11.7. The number of carbonyl (C=O) groups excluding carboxylic acids is 1. The summed E-state index contributed by atoms with van der Waals surface area (Å²) >= 11 is 18.3. The molecule has 2 amide bonds. The molecule has 2 aliphatic rings. The van der Waals surface area contributed by atoms with Gasteiger partial charge in [-0.3, -0.25) is 0 Å². The highest BCUT2D eigenvalue weighted by molar-refractivity contribution is 7.88. The number of ether oxygens (including phenoxy) is 1. The van der Waals surface area contributed by atoms with Crippen LogP contribution in [0.25, 0.3) is 0 Å². The average Bonchev–Trinajstić information content (AvgIpc) is 3.27. The lowest BCUT2D eigenvalue weighted by Crippen LogP contribution is -2.53. The Kier molecular flexibility index (Phi) is 8.64. The molecule has 0 saturated carbocycles. The molecule has 2 aliphatic heterocycles. The minimum absolute atomic E-state index is 0.00240. The summed E-state index contributed by atoms with van der Waals surface area (Å²) in [6.45, 7) is 1.49. The van der Waals surface area contributed by atoms with Gasteiger partial charge >= 0.3 is 12.2 Å². The number of piperazine rings is 1. The Morgan fingerprint density at radius 1 is 1.00 bits per heavy atom. The number of hydrogen-bond donors (Lipinski definition) is 0. The molecule has 2 aromatic carbocycles. The number of nitrogens with zero attached hydrogens (tertiary/aromatic N) is 3. The average molecular weight is 615 g/mol. The van der Waals surface area contributed by atoms with Crippen molar-refractivity contribution in [2.45, 2.75) is 12.1 Å². The highest BCUT2D eigenvalue weighted by Gasteiger charge is 2.40. The van der Waals surface area contributed by atoms with Crippen molar-refractivity contribution in [2.75, 3.05) is 52.1 Å². The Hall–Kier alpha value is -1.92. The number of carbonyl (C=O) groups is 1. The van der Waals surface area contributed by atoms with Crippen LogP contribution < -0.4 is 4.74 Å². The van der Waals surface area contributed by atoms with Gasteiger partial charge in [0.1, 0.15) is 5.75 Å². The molecule has 0 aliphatic carbocycles. The topological polar surface area (TPSA) is 70.2 Å². The van der Waals surface area contributed by atoms with Gasteiger partial charge < -0.3 is 14.5 Å². The van der Waals surface area contributed by atoms with E-state index in [1.54, 1.807) is 28.0 Å². The summed E-state index contributed by atoms with van der Waals surface area (Å²) in [4.78, 5) is 16.6. The maximum absolute atomic E-state index is 13.3. The summed E-state index contributed by atoms with van der Waals surface area (Å²) in [6.07, 6.45) is -3.50. The van der Waals surface area contributed by atoms with Crippen LogP contribution in [0.1, 0.15) is 17.0 Å². The van der Waals surface area contributed by atoms with Crippen LogP contribution >= 0.6 is 34.8 Å². The molecular formula is C24H25Cl3F3N3O4S. The summed E-state index contributed by atoms with van der Waals surface area (Å²) in [5.74, 6) is -0.634. The normalized spacial score (nSPS) is 21.1. The first-order chi connectivity index (χ1) is 17.8. The number of sulfonamides is 1. The molecule has 2 aromatic rings. The molecule has 0 radical (unpaired) electrons.